The van der Waals surface area contributed by atoms with E-state index in [2.05, 4.69) is 48.3 Å². The summed E-state index contributed by atoms with van der Waals surface area (Å²) in [6.45, 7) is 5.92. The van der Waals surface area contributed by atoms with Crippen molar-refractivity contribution in [1.82, 2.24) is 4.90 Å². The van der Waals surface area contributed by atoms with Crippen LogP contribution >= 0.6 is 0 Å². The van der Waals surface area contributed by atoms with Crippen molar-refractivity contribution in [3.8, 4) is 0 Å². The van der Waals surface area contributed by atoms with E-state index in [1.54, 1.807) is 6.07 Å². The molecule has 1 heterocycles. The lowest BCUT2D eigenvalue weighted by Gasteiger charge is -2.34. The van der Waals surface area contributed by atoms with E-state index in [0.717, 1.165) is 26.1 Å². The molecule has 2 aromatic rings. The van der Waals surface area contributed by atoms with E-state index in [9.17, 15) is 9.18 Å². The lowest BCUT2D eigenvalue weighted by atomic mass is 9.94. The molecule has 0 amide bonds. The van der Waals surface area contributed by atoms with E-state index in [4.69, 9.17) is 5.11 Å². The number of rotatable bonds is 9. The summed E-state index contributed by atoms with van der Waals surface area (Å²) in [5.74, 6) is -1.28. The first-order chi connectivity index (χ1) is 14.3. The van der Waals surface area contributed by atoms with Gasteiger partial charge in [0.1, 0.15) is 5.82 Å². The van der Waals surface area contributed by atoms with Gasteiger partial charge in [-0.2, -0.15) is 0 Å². The summed E-state index contributed by atoms with van der Waals surface area (Å²) in [7, 11) is 4.20. The molecular weight excluding hydrogens is 381 g/mol. The van der Waals surface area contributed by atoms with Crippen molar-refractivity contribution in [2.45, 2.75) is 39.2 Å². The van der Waals surface area contributed by atoms with Crippen LogP contribution in [0.2, 0.25) is 0 Å². The highest BCUT2D eigenvalue weighted by atomic mass is 19.1. The summed E-state index contributed by atoms with van der Waals surface area (Å²) < 4.78 is 14.3. The third-order valence-corrected chi connectivity index (χ3v) is 5.78. The van der Waals surface area contributed by atoms with Gasteiger partial charge in [-0.15, -0.1) is 0 Å². The number of aliphatic carboxylic acids is 1. The quantitative estimate of drug-likeness (QED) is 0.649. The van der Waals surface area contributed by atoms with Gasteiger partial charge < -0.3 is 20.2 Å². The highest BCUT2D eigenvalue weighted by Gasteiger charge is 2.20. The lowest BCUT2D eigenvalue weighted by molar-refractivity contribution is -0.136. The van der Waals surface area contributed by atoms with Gasteiger partial charge in [0.2, 0.25) is 0 Å². The Morgan fingerprint density at radius 2 is 2.00 bits per heavy atom. The first-order valence-corrected chi connectivity index (χ1v) is 10.6. The molecule has 1 aliphatic rings. The van der Waals surface area contributed by atoms with Gasteiger partial charge in [0.05, 0.1) is 0 Å². The second-order valence-electron chi connectivity index (χ2n) is 8.30. The van der Waals surface area contributed by atoms with Gasteiger partial charge >= 0.3 is 5.97 Å². The van der Waals surface area contributed by atoms with E-state index in [0.29, 0.717) is 17.8 Å². The molecule has 2 N–H and O–H groups in total. The Morgan fingerprint density at radius 1 is 1.23 bits per heavy atom. The smallest absolute Gasteiger partial charge is 0.303 e. The molecule has 0 aromatic heterocycles. The summed E-state index contributed by atoms with van der Waals surface area (Å²) in [5, 5.41) is 12.1. The zero-order valence-corrected chi connectivity index (χ0v) is 18.2. The first kappa shape index (κ1) is 22.1. The van der Waals surface area contributed by atoms with Crippen molar-refractivity contribution in [2.75, 3.05) is 43.9 Å². The van der Waals surface area contributed by atoms with Crippen molar-refractivity contribution < 1.29 is 14.3 Å². The van der Waals surface area contributed by atoms with Crippen LogP contribution in [0.1, 0.15) is 35.1 Å². The molecule has 1 aliphatic heterocycles. The van der Waals surface area contributed by atoms with Crippen molar-refractivity contribution in [3.05, 3.63) is 58.4 Å². The molecular formula is C24H32FN3O2. The first-order valence-electron chi connectivity index (χ1n) is 10.6. The Balaban J connectivity index is 1.71. The summed E-state index contributed by atoms with van der Waals surface area (Å²) >= 11 is 0. The van der Waals surface area contributed by atoms with Crippen LogP contribution in [0.3, 0.4) is 0 Å². The second kappa shape index (κ2) is 9.94. The molecule has 0 bridgehead atoms. The fourth-order valence-corrected chi connectivity index (χ4v) is 4.05. The number of carbonyl (C=O) groups is 1. The minimum Gasteiger partial charge on any atom is -0.481 e. The standard InChI is InChI=1S/C24H32FN3O2/c1-17-20(7-6-19-5-4-12-28(24(17)19)14-13-27(2)3)16-26-21-10-8-18(22(25)15-21)9-11-23(29)30/h6-8,10,15,26H,4-5,9,11-14,16H2,1-3H3,(H,29,30). The number of hydrogen-bond acceptors (Lipinski definition) is 4. The van der Waals surface area contributed by atoms with Gasteiger partial charge in [0.15, 0.2) is 0 Å². The van der Waals surface area contributed by atoms with Gasteiger partial charge in [-0.1, -0.05) is 18.2 Å². The van der Waals surface area contributed by atoms with Crippen molar-refractivity contribution in [2.24, 2.45) is 0 Å². The Labute approximate surface area is 178 Å². The van der Waals surface area contributed by atoms with Gasteiger partial charge in [-0.3, -0.25) is 4.79 Å². The van der Waals surface area contributed by atoms with Crippen molar-refractivity contribution in [1.29, 1.82) is 0 Å². The number of carboxylic acid groups (broad SMARTS) is 1. The number of carboxylic acids is 1. The van der Waals surface area contributed by atoms with Crippen LogP contribution in [0.25, 0.3) is 0 Å². The van der Waals surface area contributed by atoms with Crippen LogP contribution in [0.4, 0.5) is 15.8 Å². The molecule has 0 fully saturated rings. The van der Waals surface area contributed by atoms with Crippen LogP contribution in [0.15, 0.2) is 30.3 Å². The highest BCUT2D eigenvalue weighted by Crippen LogP contribution is 2.33. The molecule has 0 unspecified atom stereocenters. The van der Waals surface area contributed by atoms with Gasteiger partial charge in [-0.25, -0.2) is 4.39 Å². The van der Waals surface area contributed by atoms with Crippen molar-refractivity contribution >= 4 is 17.3 Å². The maximum atomic E-state index is 14.3. The Kier molecular flexibility index (Phi) is 7.32. The van der Waals surface area contributed by atoms with Crippen LogP contribution in [-0.4, -0.2) is 49.7 Å². The third kappa shape index (κ3) is 5.51. The summed E-state index contributed by atoms with van der Waals surface area (Å²) in [4.78, 5) is 15.4. The Hall–Kier alpha value is -2.60. The Bertz CT molecular complexity index is 898. The fourth-order valence-electron chi connectivity index (χ4n) is 4.05. The maximum absolute atomic E-state index is 14.3. The van der Waals surface area contributed by atoms with Crippen LogP contribution in [0.5, 0.6) is 0 Å². The number of aryl methyl sites for hydroxylation is 2. The number of hydrogen-bond donors (Lipinski definition) is 2. The lowest BCUT2D eigenvalue weighted by Crippen LogP contribution is -2.36. The average molecular weight is 414 g/mol. The molecule has 0 saturated heterocycles. The van der Waals surface area contributed by atoms with E-state index < -0.39 is 5.97 Å². The van der Waals surface area contributed by atoms with Crippen LogP contribution in [0, 0.1) is 12.7 Å². The molecule has 162 valence electrons. The number of nitrogens with one attached hydrogen (secondary N) is 1. The number of anilines is 2. The molecule has 2 aromatic carbocycles. The number of benzene rings is 2. The average Bonchev–Trinajstić information content (AvgIpc) is 2.70. The van der Waals surface area contributed by atoms with E-state index >= 15 is 0 Å². The summed E-state index contributed by atoms with van der Waals surface area (Å²) in [6.07, 6.45) is 2.44. The Morgan fingerprint density at radius 3 is 2.70 bits per heavy atom. The monoisotopic (exact) mass is 413 g/mol. The van der Waals surface area contributed by atoms with Gasteiger partial charge in [0, 0.05) is 44.0 Å². The molecule has 3 rings (SSSR count). The molecule has 0 saturated carbocycles. The van der Waals surface area contributed by atoms with Crippen LogP contribution in [-0.2, 0) is 24.2 Å². The minimum atomic E-state index is -0.917. The summed E-state index contributed by atoms with van der Waals surface area (Å²) in [5.41, 5.74) is 6.41. The van der Waals surface area contributed by atoms with Gasteiger partial charge in [-0.05, 0) is 74.7 Å². The second-order valence-corrected chi connectivity index (χ2v) is 8.30. The zero-order valence-electron chi connectivity index (χ0n) is 18.2. The van der Waals surface area contributed by atoms with E-state index in [1.807, 2.05) is 6.07 Å². The predicted octanol–water partition coefficient (Wildman–Crippen LogP) is 4.08. The number of fused-ring (bicyclic) bond motifs is 1. The molecule has 0 spiro atoms. The highest BCUT2D eigenvalue weighted by molar-refractivity contribution is 5.67. The molecule has 0 radical (unpaired) electrons. The number of nitrogens with zero attached hydrogens (tertiary/aromatic N) is 2. The van der Waals surface area contributed by atoms with Gasteiger partial charge in [0.25, 0.3) is 0 Å². The topological polar surface area (TPSA) is 55.8 Å². The predicted molar refractivity (Wildman–Crippen MR) is 120 cm³/mol. The van der Waals surface area contributed by atoms with E-state index in [-0.39, 0.29) is 18.7 Å². The largest absolute Gasteiger partial charge is 0.481 e. The molecule has 5 nitrogen and oxygen atoms in total. The molecule has 6 heteroatoms. The molecule has 0 atom stereocenters. The third-order valence-electron chi connectivity index (χ3n) is 5.78. The van der Waals surface area contributed by atoms with Crippen molar-refractivity contribution in [3.63, 3.8) is 0 Å². The normalized spacial score (nSPS) is 13.4. The fraction of sp³-hybridized carbons (Fsp3) is 0.458. The summed E-state index contributed by atoms with van der Waals surface area (Å²) in [6, 6.07) is 9.35. The zero-order chi connectivity index (χ0) is 21.7. The minimum absolute atomic E-state index is 0.0671. The SMILES string of the molecule is Cc1c(CNc2ccc(CCC(=O)O)c(F)c2)ccc2c1N(CCN(C)C)CCC2. The molecule has 0 aliphatic carbocycles. The number of likely N-dealkylation sites (N-methyl/N-ethyl adjacent to an activating group) is 1. The maximum Gasteiger partial charge on any atom is 0.303 e. The number of halogens is 1. The van der Waals surface area contributed by atoms with Crippen LogP contribution < -0.4 is 10.2 Å². The van der Waals surface area contributed by atoms with E-state index in [1.165, 1.54) is 34.9 Å². The molecule has 30 heavy (non-hydrogen) atoms.